The van der Waals surface area contributed by atoms with Gasteiger partial charge < -0.3 is 10.3 Å². The monoisotopic (exact) mass is 263 g/mol. The number of carbonyl (C=O) groups excluding carboxylic acids is 1. The van der Waals surface area contributed by atoms with E-state index in [1.165, 1.54) is 6.07 Å². The Hall–Kier alpha value is -2.64. The Bertz CT molecular complexity index is 668. The smallest absolute Gasteiger partial charge is 0.311 e. The molecule has 2 heterocycles. The summed E-state index contributed by atoms with van der Waals surface area (Å²) in [4.78, 5) is 38.3. The van der Waals surface area contributed by atoms with E-state index in [4.69, 9.17) is 0 Å². The molecule has 2 aromatic rings. The number of amides is 1. The molecule has 0 fully saturated rings. The summed E-state index contributed by atoms with van der Waals surface area (Å²) in [6, 6.07) is 1.18. The van der Waals surface area contributed by atoms with Gasteiger partial charge in [-0.05, 0) is 6.42 Å². The Morgan fingerprint density at radius 3 is 2.84 bits per heavy atom. The molecule has 0 spiro atoms. The van der Waals surface area contributed by atoms with Crippen molar-refractivity contribution in [1.82, 2.24) is 20.2 Å². The number of hydrogen-bond acceptors (Lipinski definition) is 4. The third-order valence-corrected chi connectivity index (χ3v) is 2.53. The van der Waals surface area contributed by atoms with Gasteiger partial charge in [-0.2, -0.15) is 5.10 Å². The largest absolute Gasteiger partial charge is 0.325 e. The first kappa shape index (κ1) is 12.8. The molecule has 1 amide bonds. The van der Waals surface area contributed by atoms with Crippen molar-refractivity contribution in [2.45, 2.75) is 19.8 Å². The molecular formula is C11H13N5O3. The molecule has 4 N–H and O–H groups in total. The van der Waals surface area contributed by atoms with Crippen molar-refractivity contribution in [3.05, 3.63) is 44.4 Å². The summed E-state index contributed by atoms with van der Waals surface area (Å²) < 4.78 is 0. The average Bonchev–Trinajstić information content (AvgIpc) is 2.74. The number of rotatable bonds is 4. The zero-order valence-corrected chi connectivity index (χ0v) is 10.2. The topological polar surface area (TPSA) is 123 Å². The normalized spacial score (nSPS) is 10.4. The fraction of sp³-hybridized carbons (Fsp3) is 0.273. The summed E-state index contributed by atoms with van der Waals surface area (Å²) in [7, 11) is 0. The van der Waals surface area contributed by atoms with Gasteiger partial charge in [0.1, 0.15) is 5.82 Å². The van der Waals surface area contributed by atoms with Crippen LogP contribution in [-0.4, -0.2) is 26.1 Å². The lowest BCUT2D eigenvalue weighted by atomic mass is 10.2. The maximum absolute atomic E-state index is 11.8. The van der Waals surface area contributed by atoms with Gasteiger partial charge in [0.2, 0.25) is 5.91 Å². The zero-order chi connectivity index (χ0) is 13.8. The van der Waals surface area contributed by atoms with E-state index in [-0.39, 0.29) is 18.0 Å². The van der Waals surface area contributed by atoms with E-state index in [0.29, 0.717) is 5.82 Å². The summed E-state index contributed by atoms with van der Waals surface area (Å²) in [6.45, 7) is 1.94. The number of carbonyl (C=O) groups is 1. The van der Waals surface area contributed by atoms with Crippen LogP contribution in [0.5, 0.6) is 0 Å². The van der Waals surface area contributed by atoms with Gasteiger partial charge in [0, 0.05) is 17.3 Å². The predicted octanol–water partition coefficient (Wildman–Crippen LogP) is -0.470. The maximum atomic E-state index is 11.8. The highest BCUT2D eigenvalue weighted by molar-refractivity contribution is 5.91. The van der Waals surface area contributed by atoms with Crippen LogP contribution in [0.2, 0.25) is 0 Å². The molecule has 0 saturated heterocycles. The lowest BCUT2D eigenvalue weighted by Gasteiger charge is -2.04. The lowest BCUT2D eigenvalue weighted by Crippen LogP contribution is -2.25. The Balaban J connectivity index is 2.09. The van der Waals surface area contributed by atoms with Gasteiger partial charge in [-0.3, -0.25) is 19.7 Å². The Kier molecular flexibility index (Phi) is 3.60. The molecule has 0 saturated carbocycles. The van der Waals surface area contributed by atoms with Crippen LogP contribution >= 0.6 is 0 Å². The van der Waals surface area contributed by atoms with Crippen LogP contribution in [-0.2, 0) is 17.6 Å². The van der Waals surface area contributed by atoms with Gasteiger partial charge in [-0.15, -0.1) is 0 Å². The van der Waals surface area contributed by atoms with Crippen molar-refractivity contribution < 1.29 is 4.79 Å². The minimum absolute atomic E-state index is 0.0959. The molecule has 2 rings (SSSR count). The van der Waals surface area contributed by atoms with Gasteiger partial charge in [-0.25, -0.2) is 4.79 Å². The quantitative estimate of drug-likeness (QED) is 0.595. The van der Waals surface area contributed by atoms with Crippen molar-refractivity contribution in [1.29, 1.82) is 0 Å². The summed E-state index contributed by atoms with van der Waals surface area (Å²) in [5, 5.41) is 9.14. The third kappa shape index (κ3) is 3.18. The number of H-pyrrole nitrogens is 3. The van der Waals surface area contributed by atoms with Crippen LogP contribution in [0.3, 0.4) is 0 Å². The van der Waals surface area contributed by atoms with Crippen LogP contribution < -0.4 is 16.6 Å². The summed E-state index contributed by atoms with van der Waals surface area (Å²) >= 11 is 0. The SMILES string of the molecule is CCc1cn[nH]c1NC(=O)Cc1cc(=O)[nH]c(=O)[nH]1. The number of anilines is 1. The molecule has 19 heavy (non-hydrogen) atoms. The summed E-state index contributed by atoms with van der Waals surface area (Å²) in [5.41, 5.74) is -0.0370. The van der Waals surface area contributed by atoms with Gasteiger partial charge in [0.05, 0.1) is 12.6 Å². The molecule has 0 aromatic carbocycles. The van der Waals surface area contributed by atoms with Gasteiger partial charge in [-0.1, -0.05) is 6.92 Å². The summed E-state index contributed by atoms with van der Waals surface area (Å²) in [6.07, 6.45) is 2.26. The molecule has 8 nitrogen and oxygen atoms in total. The predicted molar refractivity (Wildman–Crippen MR) is 68.0 cm³/mol. The van der Waals surface area contributed by atoms with Crippen molar-refractivity contribution in [2.75, 3.05) is 5.32 Å². The number of aromatic amines is 3. The maximum Gasteiger partial charge on any atom is 0.325 e. The Morgan fingerprint density at radius 2 is 2.16 bits per heavy atom. The van der Waals surface area contributed by atoms with E-state index >= 15 is 0 Å². The molecule has 0 atom stereocenters. The van der Waals surface area contributed by atoms with Crippen molar-refractivity contribution >= 4 is 11.7 Å². The molecule has 0 aliphatic heterocycles. The fourth-order valence-electron chi connectivity index (χ4n) is 1.66. The number of hydrogen-bond donors (Lipinski definition) is 4. The second kappa shape index (κ2) is 5.34. The van der Waals surface area contributed by atoms with E-state index in [9.17, 15) is 14.4 Å². The van der Waals surface area contributed by atoms with Crippen molar-refractivity contribution in [3.63, 3.8) is 0 Å². The number of nitrogens with one attached hydrogen (secondary N) is 4. The van der Waals surface area contributed by atoms with Gasteiger partial charge in [0.15, 0.2) is 0 Å². The Morgan fingerprint density at radius 1 is 1.37 bits per heavy atom. The number of aryl methyl sites for hydroxylation is 1. The van der Waals surface area contributed by atoms with E-state index in [1.807, 2.05) is 11.9 Å². The number of aromatic nitrogens is 4. The van der Waals surface area contributed by atoms with E-state index in [1.54, 1.807) is 6.20 Å². The van der Waals surface area contributed by atoms with Crippen LogP contribution in [0.25, 0.3) is 0 Å². The number of nitrogens with zero attached hydrogens (tertiary/aromatic N) is 1. The molecule has 0 unspecified atom stereocenters. The minimum Gasteiger partial charge on any atom is -0.311 e. The standard InChI is InChI=1S/C11H13N5O3/c1-2-6-5-12-16-10(6)14-8(17)3-7-4-9(18)15-11(19)13-7/h4-5H,2-3H2,1H3,(H2,12,14,16,17)(H2,13,15,18,19). The molecule has 0 aliphatic carbocycles. The first-order chi connectivity index (χ1) is 9.08. The Labute approximate surface area is 107 Å². The second-order valence-electron chi connectivity index (χ2n) is 3.96. The molecule has 100 valence electrons. The minimum atomic E-state index is -0.633. The van der Waals surface area contributed by atoms with E-state index in [2.05, 4.69) is 20.5 Å². The molecule has 0 bridgehead atoms. The van der Waals surface area contributed by atoms with Crippen LogP contribution in [0.15, 0.2) is 21.9 Å². The van der Waals surface area contributed by atoms with E-state index in [0.717, 1.165) is 12.0 Å². The fourth-order valence-corrected chi connectivity index (χ4v) is 1.66. The lowest BCUT2D eigenvalue weighted by molar-refractivity contribution is -0.115. The third-order valence-electron chi connectivity index (χ3n) is 2.53. The van der Waals surface area contributed by atoms with Gasteiger partial charge in [0.25, 0.3) is 5.56 Å². The van der Waals surface area contributed by atoms with Crippen molar-refractivity contribution in [3.8, 4) is 0 Å². The highest BCUT2D eigenvalue weighted by atomic mass is 16.2. The first-order valence-electron chi connectivity index (χ1n) is 5.73. The molecule has 0 radical (unpaired) electrons. The van der Waals surface area contributed by atoms with Crippen LogP contribution in [0.1, 0.15) is 18.2 Å². The summed E-state index contributed by atoms with van der Waals surface area (Å²) in [5.74, 6) is 0.180. The first-order valence-corrected chi connectivity index (χ1v) is 5.73. The van der Waals surface area contributed by atoms with Crippen molar-refractivity contribution in [2.24, 2.45) is 0 Å². The molecule has 0 aliphatic rings. The zero-order valence-electron chi connectivity index (χ0n) is 10.2. The van der Waals surface area contributed by atoms with Crippen LogP contribution in [0.4, 0.5) is 5.82 Å². The average molecular weight is 263 g/mol. The molecule has 8 heteroatoms. The highest BCUT2D eigenvalue weighted by Crippen LogP contribution is 2.11. The van der Waals surface area contributed by atoms with E-state index < -0.39 is 11.2 Å². The van der Waals surface area contributed by atoms with Gasteiger partial charge >= 0.3 is 5.69 Å². The second-order valence-corrected chi connectivity index (χ2v) is 3.96. The van der Waals surface area contributed by atoms with Crippen LogP contribution in [0, 0.1) is 0 Å². The highest BCUT2D eigenvalue weighted by Gasteiger charge is 2.09. The molecule has 2 aromatic heterocycles. The molecular weight excluding hydrogens is 250 g/mol.